The van der Waals surface area contributed by atoms with Crippen LogP contribution >= 0.6 is 0 Å². The van der Waals surface area contributed by atoms with E-state index in [4.69, 9.17) is 11.2 Å². The number of piperidine rings is 1. The van der Waals surface area contributed by atoms with Gasteiger partial charge in [-0.3, -0.25) is 4.79 Å². The molecule has 2 rings (SSSR count). The minimum absolute atomic E-state index is 0.0829. The third-order valence-electron chi connectivity index (χ3n) is 4.38. The molecule has 1 aliphatic heterocycles. The molecule has 0 atom stereocenters. The Morgan fingerprint density at radius 1 is 1.24 bits per heavy atom. The van der Waals surface area contributed by atoms with Crippen LogP contribution in [-0.4, -0.2) is 42.1 Å². The van der Waals surface area contributed by atoms with Crippen LogP contribution in [0.4, 0.5) is 4.79 Å². The van der Waals surface area contributed by atoms with Crippen molar-refractivity contribution in [3.8, 4) is 12.3 Å². The van der Waals surface area contributed by atoms with Gasteiger partial charge in [0.2, 0.25) is 5.91 Å². The SMILES string of the molecule is C#CCNC(=O)C1(c2ccccc2)CCN(C(=O)OC(C)(C)C)CC1. The molecule has 5 heteroatoms. The Morgan fingerprint density at radius 2 is 1.84 bits per heavy atom. The maximum absolute atomic E-state index is 12.8. The number of rotatable bonds is 3. The molecule has 1 fully saturated rings. The van der Waals surface area contributed by atoms with E-state index >= 15 is 0 Å². The smallest absolute Gasteiger partial charge is 0.410 e. The van der Waals surface area contributed by atoms with Crippen LogP contribution in [0.2, 0.25) is 0 Å². The number of hydrogen-bond donors (Lipinski definition) is 1. The Morgan fingerprint density at radius 3 is 2.36 bits per heavy atom. The van der Waals surface area contributed by atoms with Gasteiger partial charge in [-0.05, 0) is 39.2 Å². The molecule has 0 aliphatic carbocycles. The molecule has 1 aromatic carbocycles. The molecule has 2 amide bonds. The second-order valence-electron chi connectivity index (χ2n) is 7.30. The van der Waals surface area contributed by atoms with Crippen LogP contribution in [0.15, 0.2) is 30.3 Å². The number of carbonyl (C=O) groups excluding carboxylic acids is 2. The molecule has 1 aromatic rings. The van der Waals surface area contributed by atoms with Gasteiger partial charge in [-0.1, -0.05) is 36.3 Å². The lowest BCUT2D eigenvalue weighted by Gasteiger charge is -2.41. The van der Waals surface area contributed by atoms with Gasteiger partial charge in [0.25, 0.3) is 0 Å². The van der Waals surface area contributed by atoms with Crippen LogP contribution in [0.5, 0.6) is 0 Å². The van der Waals surface area contributed by atoms with E-state index in [1.165, 1.54) is 0 Å². The molecule has 0 bridgehead atoms. The van der Waals surface area contributed by atoms with E-state index in [9.17, 15) is 9.59 Å². The van der Waals surface area contributed by atoms with Crippen molar-refractivity contribution in [2.45, 2.75) is 44.6 Å². The van der Waals surface area contributed by atoms with Crippen LogP contribution in [-0.2, 0) is 14.9 Å². The first-order chi connectivity index (χ1) is 11.8. The summed E-state index contributed by atoms with van der Waals surface area (Å²) in [4.78, 5) is 26.8. The Hall–Kier alpha value is -2.48. The van der Waals surface area contributed by atoms with Gasteiger partial charge in [0.15, 0.2) is 0 Å². The minimum atomic E-state index is -0.670. The molecule has 0 unspecified atom stereocenters. The third kappa shape index (κ3) is 4.54. The van der Waals surface area contributed by atoms with E-state index in [2.05, 4.69) is 11.2 Å². The predicted molar refractivity (Wildman–Crippen MR) is 97.0 cm³/mol. The van der Waals surface area contributed by atoms with Crippen LogP contribution in [0, 0.1) is 12.3 Å². The highest BCUT2D eigenvalue weighted by Crippen LogP contribution is 2.36. The quantitative estimate of drug-likeness (QED) is 0.859. The summed E-state index contributed by atoms with van der Waals surface area (Å²) in [5.74, 6) is 2.36. The predicted octanol–water partition coefficient (Wildman–Crippen LogP) is 2.70. The summed E-state index contributed by atoms with van der Waals surface area (Å²) in [6, 6.07) is 9.68. The third-order valence-corrected chi connectivity index (χ3v) is 4.38. The van der Waals surface area contributed by atoms with E-state index in [-0.39, 0.29) is 18.5 Å². The molecule has 0 spiro atoms. The van der Waals surface area contributed by atoms with E-state index in [1.54, 1.807) is 4.90 Å². The lowest BCUT2D eigenvalue weighted by Crippen LogP contribution is -2.53. The van der Waals surface area contributed by atoms with Crippen molar-refractivity contribution < 1.29 is 14.3 Å². The fraction of sp³-hybridized carbons (Fsp3) is 0.500. The van der Waals surface area contributed by atoms with Crippen molar-refractivity contribution in [3.05, 3.63) is 35.9 Å². The number of nitrogens with one attached hydrogen (secondary N) is 1. The fourth-order valence-electron chi connectivity index (χ4n) is 3.10. The summed E-state index contributed by atoms with van der Waals surface area (Å²) >= 11 is 0. The standard InChI is InChI=1S/C20H26N2O3/c1-5-13-21-17(23)20(16-9-7-6-8-10-16)11-14-22(15-12-20)18(24)25-19(2,3)4/h1,6-10H,11-15H2,2-4H3,(H,21,23). The van der Waals surface area contributed by atoms with E-state index in [0.29, 0.717) is 25.9 Å². The molecule has 1 N–H and O–H groups in total. The summed E-state index contributed by atoms with van der Waals surface area (Å²) in [6.07, 6.45) is 6.01. The van der Waals surface area contributed by atoms with Crippen LogP contribution < -0.4 is 5.32 Å². The van der Waals surface area contributed by atoms with Gasteiger partial charge in [0.1, 0.15) is 5.60 Å². The summed E-state index contributed by atoms with van der Waals surface area (Å²) in [6.45, 7) is 6.66. The highest BCUT2D eigenvalue weighted by atomic mass is 16.6. The van der Waals surface area contributed by atoms with Crippen molar-refractivity contribution >= 4 is 12.0 Å². The van der Waals surface area contributed by atoms with Gasteiger partial charge in [-0.2, -0.15) is 0 Å². The van der Waals surface area contributed by atoms with Crippen molar-refractivity contribution in [2.75, 3.05) is 19.6 Å². The van der Waals surface area contributed by atoms with Crippen LogP contribution in [0.25, 0.3) is 0 Å². The van der Waals surface area contributed by atoms with Gasteiger partial charge >= 0.3 is 6.09 Å². The molecule has 0 aromatic heterocycles. The summed E-state index contributed by atoms with van der Waals surface area (Å²) in [5.41, 5.74) is -0.250. The fourth-order valence-corrected chi connectivity index (χ4v) is 3.10. The molecule has 0 radical (unpaired) electrons. The van der Waals surface area contributed by atoms with Crippen LogP contribution in [0.3, 0.4) is 0 Å². The zero-order chi connectivity index (χ0) is 18.5. The van der Waals surface area contributed by atoms with E-state index in [1.807, 2.05) is 51.1 Å². The van der Waals surface area contributed by atoms with E-state index < -0.39 is 11.0 Å². The maximum Gasteiger partial charge on any atom is 0.410 e. The molecule has 1 aliphatic rings. The molecule has 1 heterocycles. The first-order valence-electron chi connectivity index (χ1n) is 8.54. The van der Waals surface area contributed by atoms with Crippen LogP contribution in [0.1, 0.15) is 39.2 Å². The Kier molecular flexibility index (Phi) is 5.73. The van der Waals surface area contributed by atoms with Crippen molar-refractivity contribution in [2.24, 2.45) is 0 Å². The highest BCUT2D eigenvalue weighted by Gasteiger charge is 2.44. The molecule has 1 saturated heterocycles. The number of ether oxygens (including phenoxy) is 1. The zero-order valence-corrected chi connectivity index (χ0v) is 15.2. The van der Waals surface area contributed by atoms with Gasteiger partial charge in [0.05, 0.1) is 12.0 Å². The van der Waals surface area contributed by atoms with E-state index in [0.717, 1.165) is 5.56 Å². The normalized spacial score (nSPS) is 16.6. The van der Waals surface area contributed by atoms with Gasteiger partial charge in [-0.15, -0.1) is 6.42 Å². The molecule has 25 heavy (non-hydrogen) atoms. The second kappa shape index (κ2) is 7.60. The molecule has 0 saturated carbocycles. The van der Waals surface area contributed by atoms with Crippen molar-refractivity contribution in [1.82, 2.24) is 10.2 Å². The Bertz CT molecular complexity index is 648. The molecule has 5 nitrogen and oxygen atoms in total. The maximum atomic E-state index is 12.8. The van der Waals surface area contributed by atoms with Gasteiger partial charge in [-0.25, -0.2) is 4.79 Å². The average molecular weight is 342 g/mol. The first-order valence-corrected chi connectivity index (χ1v) is 8.54. The van der Waals surface area contributed by atoms with Crippen molar-refractivity contribution in [3.63, 3.8) is 0 Å². The Labute approximate surface area is 149 Å². The summed E-state index contributed by atoms with van der Waals surface area (Å²) in [5, 5.41) is 2.81. The summed E-state index contributed by atoms with van der Waals surface area (Å²) in [7, 11) is 0. The number of hydrogen-bond acceptors (Lipinski definition) is 3. The topological polar surface area (TPSA) is 58.6 Å². The number of likely N-dealkylation sites (tertiary alicyclic amines) is 1. The number of terminal acetylenes is 1. The lowest BCUT2D eigenvalue weighted by molar-refractivity contribution is -0.128. The summed E-state index contributed by atoms with van der Waals surface area (Å²) < 4.78 is 5.44. The number of amides is 2. The monoisotopic (exact) mass is 342 g/mol. The van der Waals surface area contributed by atoms with Crippen molar-refractivity contribution in [1.29, 1.82) is 0 Å². The molecule has 134 valence electrons. The highest BCUT2D eigenvalue weighted by molar-refractivity contribution is 5.89. The first kappa shape index (κ1) is 18.9. The van der Waals surface area contributed by atoms with Gasteiger partial charge in [0, 0.05) is 13.1 Å². The lowest BCUT2D eigenvalue weighted by atomic mass is 9.72. The average Bonchev–Trinajstić information content (AvgIpc) is 2.59. The number of benzene rings is 1. The zero-order valence-electron chi connectivity index (χ0n) is 15.2. The van der Waals surface area contributed by atoms with Gasteiger partial charge < -0.3 is 15.0 Å². The number of nitrogens with zero attached hydrogens (tertiary/aromatic N) is 1. The Balaban J connectivity index is 2.17. The minimum Gasteiger partial charge on any atom is -0.444 e. The molecular weight excluding hydrogens is 316 g/mol. The number of carbonyl (C=O) groups is 2. The molecular formula is C20H26N2O3. The largest absolute Gasteiger partial charge is 0.444 e. The second-order valence-corrected chi connectivity index (χ2v) is 7.30.